The summed E-state index contributed by atoms with van der Waals surface area (Å²) in [5, 5.41) is 0. The van der Waals surface area contributed by atoms with Crippen LogP contribution in [0.4, 0.5) is 0 Å². The summed E-state index contributed by atoms with van der Waals surface area (Å²) in [5.74, 6) is -2.17. The van der Waals surface area contributed by atoms with Crippen molar-refractivity contribution in [3.05, 3.63) is 0 Å². The topological polar surface area (TPSA) is 71.1 Å². The van der Waals surface area contributed by atoms with Crippen LogP contribution < -0.4 is 0 Å². The molecule has 128 valence electrons. The Morgan fingerprint density at radius 1 is 1.00 bits per heavy atom. The SMILES string of the molecule is CCCCCC1COC(C(C(=O)OCC)C(=O)OCC)OC1. The van der Waals surface area contributed by atoms with Crippen LogP contribution in [0.25, 0.3) is 0 Å². The van der Waals surface area contributed by atoms with Crippen LogP contribution >= 0.6 is 0 Å². The number of rotatable bonds is 9. The van der Waals surface area contributed by atoms with Crippen LogP contribution in [0, 0.1) is 11.8 Å². The highest BCUT2D eigenvalue weighted by Crippen LogP contribution is 2.23. The first-order valence-electron chi connectivity index (χ1n) is 8.20. The zero-order valence-corrected chi connectivity index (χ0v) is 13.8. The molecule has 0 aromatic rings. The maximum absolute atomic E-state index is 12.0. The Morgan fingerprint density at radius 3 is 2.00 bits per heavy atom. The minimum Gasteiger partial charge on any atom is -0.465 e. The van der Waals surface area contributed by atoms with Gasteiger partial charge in [0, 0.05) is 5.92 Å². The van der Waals surface area contributed by atoms with Crippen molar-refractivity contribution in [1.82, 2.24) is 0 Å². The number of carbonyl (C=O) groups excluding carboxylic acids is 2. The van der Waals surface area contributed by atoms with Gasteiger partial charge in [-0.25, -0.2) is 0 Å². The fourth-order valence-corrected chi connectivity index (χ4v) is 2.38. The lowest BCUT2D eigenvalue weighted by Crippen LogP contribution is -2.45. The van der Waals surface area contributed by atoms with Gasteiger partial charge in [0.05, 0.1) is 26.4 Å². The summed E-state index contributed by atoms with van der Waals surface area (Å²) in [6, 6.07) is 0. The molecule has 1 aliphatic rings. The van der Waals surface area contributed by atoms with Crippen LogP contribution in [0.15, 0.2) is 0 Å². The third-order valence-corrected chi connectivity index (χ3v) is 3.56. The zero-order chi connectivity index (χ0) is 16.4. The van der Waals surface area contributed by atoms with E-state index in [1.807, 2.05) is 0 Å². The summed E-state index contributed by atoms with van der Waals surface area (Å²) < 4.78 is 21.1. The van der Waals surface area contributed by atoms with Crippen molar-refractivity contribution in [3.8, 4) is 0 Å². The van der Waals surface area contributed by atoms with Crippen molar-refractivity contribution in [3.63, 3.8) is 0 Å². The molecule has 0 atom stereocenters. The van der Waals surface area contributed by atoms with Gasteiger partial charge in [0.15, 0.2) is 6.29 Å². The summed E-state index contributed by atoms with van der Waals surface area (Å²) in [5.41, 5.74) is 0. The molecule has 0 aromatic carbocycles. The van der Waals surface area contributed by atoms with Crippen LogP contribution in [0.1, 0.15) is 46.5 Å². The lowest BCUT2D eigenvalue weighted by Gasteiger charge is -2.32. The maximum Gasteiger partial charge on any atom is 0.325 e. The first kappa shape index (κ1) is 18.9. The lowest BCUT2D eigenvalue weighted by molar-refractivity contribution is -0.233. The van der Waals surface area contributed by atoms with E-state index in [1.165, 1.54) is 12.8 Å². The predicted molar refractivity (Wildman–Crippen MR) is 80.1 cm³/mol. The van der Waals surface area contributed by atoms with Crippen LogP contribution in [0.2, 0.25) is 0 Å². The molecule has 22 heavy (non-hydrogen) atoms. The van der Waals surface area contributed by atoms with Crippen molar-refractivity contribution in [1.29, 1.82) is 0 Å². The summed E-state index contributed by atoms with van der Waals surface area (Å²) in [6.45, 7) is 6.90. The average molecular weight is 316 g/mol. The van der Waals surface area contributed by atoms with E-state index in [1.54, 1.807) is 13.8 Å². The Hall–Kier alpha value is -1.14. The third-order valence-electron chi connectivity index (χ3n) is 3.56. The van der Waals surface area contributed by atoms with Crippen LogP contribution in [-0.4, -0.2) is 44.7 Å². The van der Waals surface area contributed by atoms with Gasteiger partial charge >= 0.3 is 11.9 Å². The van der Waals surface area contributed by atoms with Gasteiger partial charge in [0.2, 0.25) is 5.92 Å². The fraction of sp³-hybridized carbons (Fsp3) is 0.875. The Balaban J connectivity index is 2.54. The molecular weight excluding hydrogens is 288 g/mol. The van der Waals surface area contributed by atoms with E-state index in [2.05, 4.69) is 6.92 Å². The smallest absolute Gasteiger partial charge is 0.325 e. The van der Waals surface area contributed by atoms with Crippen molar-refractivity contribution < 1.29 is 28.5 Å². The van der Waals surface area contributed by atoms with Gasteiger partial charge in [0.25, 0.3) is 0 Å². The van der Waals surface area contributed by atoms with E-state index in [0.717, 1.165) is 12.8 Å². The van der Waals surface area contributed by atoms with Crippen molar-refractivity contribution in [2.24, 2.45) is 11.8 Å². The van der Waals surface area contributed by atoms with Crippen LogP contribution in [0.5, 0.6) is 0 Å². The van der Waals surface area contributed by atoms with Gasteiger partial charge in [-0.3, -0.25) is 9.59 Å². The molecule has 1 fully saturated rings. The molecule has 6 nitrogen and oxygen atoms in total. The quantitative estimate of drug-likeness (QED) is 0.369. The summed E-state index contributed by atoms with van der Waals surface area (Å²) in [6.07, 6.45) is 3.61. The predicted octanol–water partition coefficient (Wildman–Crippen LogP) is 2.30. The minimum atomic E-state index is -1.17. The first-order valence-corrected chi connectivity index (χ1v) is 8.20. The maximum atomic E-state index is 12.0. The number of hydrogen-bond donors (Lipinski definition) is 0. The molecule has 1 aliphatic heterocycles. The molecule has 1 saturated heterocycles. The molecule has 0 saturated carbocycles. The van der Waals surface area contributed by atoms with Gasteiger partial charge < -0.3 is 18.9 Å². The molecule has 6 heteroatoms. The van der Waals surface area contributed by atoms with Crippen LogP contribution in [0.3, 0.4) is 0 Å². The highest BCUT2D eigenvalue weighted by molar-refractivity contribution is 5.95. The van der Waals surface area contributed by atoms with Gasteiger partial charge in [-0.05, 0) is 20.3 Å². The van der Waals surface area contributed by atoms with Crippen molar-refractivity contribution >= 4 is 11.9 Å². The minimum absolute atomic E-state index is 0.196. The van der Waals surface area contributed by atoms with E-state index in [-0.39, 0.29) is 13.2 Å². The fourth-order valence-electron chi connectivity index (χ4n) is 2.38. The molecule has 0 unspecified atom stereocenters. The molecular formula is C16H28O6. The Bertz CT molecular complexity index is 318. The second-order valence-electron chi connectivity index (χ2n) is 5.38. The molecule has 0 amide bonds. The molecule has 1 rings (SSSR count). The highest BCUT2D eigenvalue weighted by Gasteiger charge is 2.41. The summed E-state index contributed by atoms with van der Waals surface area (Å²) >= 11 is 0. The second-order valence-corrected chi connectivity index (χ2v) is 5.38. The van der Waals surface area contributed by atoms with Crippen LogP contribution in [-0.2, 0) is 28.5 Å². The number of carbonyl (C=O) groups is 2. The van der Waals surface area contributed by atoms with E-state index in [9.17, 15) is 9.59 Å². The third kappa shape index (κ3) is 5.93. The van der Waals surface area contributed by atoms with E-state index >= 15 is 0 Å². The summed E-state index contributed by atoms with van der Waals surface area (Å²) in [4.78, 5) is 23.9. The molecule has 0 aliphatic carbocycles. The lowest BCUT2D eigenvalue weighted by atomic mass is 10.0. The van der Waals surface area contributed by atoms with Gasteiger partial charge in [0.1, 0.15) is 0 Å². The Morgan fingerprint density at radius 2 is 1.55 bits per heavy atom. The summed E-state index contributed by atoms with van der Waals surface area (Å²) in [7, 11) is 0. The molecule has 0 spiro atoms. The van der Waals surface area contributed by atoms with Gasteiger partial charge in [-0.15, -0.1) is 0 Å². The molecule has 0 N–H and O–H groups in total. The number of esters is 2. The van der Waals surface area contributed by atoms with Crippen molar-refractivity contribution in [2.45, 2.75) is 52.7 Å². The largest absolute Gasteiger partial charge is 0.465 e. The standard InChI is InChI=1S/C16H28O6/c1-4-7-8-9-12-10-21-16(22-11-12)13(14(17)19-5-2)15(18)20-6-3/h12-13,16H,4-11H2,1-3H3. The van der Waals surface area contributed by atoms with Crippen molar-refractivity contribution in [2.75, 3.05) is 26.4 Å². The first-order chi connectivity index (χ1) is 10.6. The number of hydrogen-bond acceptors (Lipinski definition) is 6. The monoisotopic (exact) mass is 316 g/mol. The second kappa shape index (κ2) is 10.6. The van der Waals surface area contributed by atoms with E-state index in [4.69, 9.17) is 18.9 Å². The molecule has 0 aromatic heterocycles. The normalized spacial score (nSPS) is 21.6. The molecule has 0 radical (unpaired) electrons. The zero-order valence-electron chi connectivity index (χ0n) is 13.8. The van der Waals surface area contributed by atoms with Gasteiger partial charge in [-0.2, -0.15) is 0 Å². The average Bonchev–Trinajstić information content (AvgIpc) is 2.50. The number of unbranched alkanes of at least 4 members (excludes halogenated alkanes) is 2. The van der Waals surface area contributed by atoms with E-state index in [0.29, 0.717) is 19.1 Å². The van der Waals surface area contributed by atoms with E-state index < -0.39 is 24.1 Å². The molecule has 1 heterocycles. The Labute approximate surface area is 132 Å². The van der Waals surface area contributed by atoms with Gasteiger partial charge in [-0.1, -0.05) is 26.2 Å². The Kier molecular flexibility index (Phi) is 9.08. The highest BCUT2D eigenvalue weighted by atomic mass is 16.7. The molecule has 0 bridgehead atoms. The number of ether oxygens (including phenoxy) is 4.